The van der Waals surface area contributed by atoms with Gasteiger partial charge in [0.2, 0.25) is 0 Å². The molecule has 0 aromatic heterocycles. The average Bonchev–Trinajstić information content (AvgIpc) is 3.40. The highest BCUT2D eigenvalue weighted by Gasteiger charge is 2.48. The fourth-order valence-electron chi connectivity index (χ4n) is 6.40. The summed E-state index contributed by atoms with van der Waals surface area (Å²) in [5.41, 5.74) is 0.152. The maximum absolute atomic E-state index is 11.9. The van der Waals surface area contributed by atoms with Crippen molar-refractivity contribution < 1.29 is 19.1 Å². The van der Waals surface area contributed by atoms with Crippen LogP contribution in [0.15, 0.2) is 60.7 Å². The van der Waals surface area contributed by atoms with Gasteiger partial charge in [-0.15, -0.1) is 0 Å². The lowest BCUT2D eigenvalue weighted by atomic mass is 9.80. The van der Waals surface area contributed by atoms with E-state index in [4.69, 9.17) is 9.47 Å². The Morgan fingerprint density at radius 3 is 2.22 bits per heavy atom. The number of ether oxygens (including phenoxy) is 2. The van der Waals surface area contributed by atoms with Gasteiger partial charge in [0.05, 0.1) is 19.7 Å². The average molecular weight is 437 g/mol. The van der Waals surface area contributed by atoms with Gasteiger partial charge in [-0.3, -0.25) is 0 Å². The van der Waals surface area contributed by atoms with Crippen LogP contribution < -0.4 is 4.74 Å². The van der Waals surface area contributed by atoms with Crippen molar-refractivity contribution in [3.05, 3.63) is 66.2 Å². The molecule has 2 aromatic rings. The predicted molar refractivity (Wildman–Crippen MR) is 126 cm³/mol. The van der Waals surface area contributed by atoms with Gasteiger partial charge in [-0.05, 0) is 36.5 Å². The minimum Gasteiger partial charge on any atom is -0.488 e. The molecule has 2 bridgehead atoms. The van der Waals surface area contributed by atoms with Crippen LogP contribution in [0.2, 0.25) is 0 Å². The topological polar surface area (TPSA) is 38.7 Å². The third-order valence-electron chi connectivity index (χ3n) is 8.44. The fourth-order valence-corrected chi connectivity index (χ4v) is 6.40. The molecule has 4 heteroatoms. The smallest absolute Gasteiger partial charge is 0.137 e. The summed E-state index contributed by atoms with van der Waals surface area (Å²) in [4.78, 5) is 0. The molecule has 1 saturated carbocycles. The highest BCUT2D eigenvalue weighted by Crippen LogP contribution is 2.42. The van der Waals surface area contributed by atoms with Crippen molar-refractivity contribution >= 4 is 0 Å². The molecule has 1 aliphatic carbocycles. The summed E-state index contributed by atoms with van der Waals surface area (Å²) in [5, 5.41) is 11.9. The number of aliphatic hydroxyl groups is 1. The molecule has 3 aliphatic heterocycles. The van der Waals surface area contributed by atoms with Crippen molar-refractivity contribution in [2.75, 3.05) is 39.4 Å². The highest BCUT2D eigenvalue weighted by atomic mass is 16.5. The number of quaternary nitrogens is 1. The predicted octanol–water partition coefficient (Wildman–Crippen LogP) is 4.77. The van der Waals surface area contributed by atoms with Crippen LogP contribution in [0.3, 0.4) is 0 Å². The van der Waals surface area contributed by atoms with E-state index in [9.17, 15) is 5.11 Å². The number of rotatable bonds is 9. The molecule has 32 heavy (non-hydrogen) atoms. The molecule has 6 rings (SSSR count). The number of benzene rings is 2. The van der Waals surface area contributed by atoms with Gasteiger partial charge >= 0.3 is 0 Å². The zero-order valence-corrected chi connectivity index (χ0v) is 19.2. The molecule has 3 saturated heterocycles. The van der Waals surface area contributed by atoms with Crippen LogP contribution in [0.25, 0.3) is 0 Å². The van der Waals surface area contributed by atoms with Crippen molar-refractivity contribution in [3.8, 4) is 5.75 Å². The lowest BCUT2D eigenvalue weighted by Crippen LogP contribution is -2.65. The number of para-hydroxylation sites is 1. The van der Waals surface area contributed by atoms with Crippen molar-refractivity contribution in [1.82, 2.24) is 0 Å². The number of nitrogens with zero attached hydrogens (tertiary/aromatic N) is 1. The maximum atomic E-state index is 11.9. The van der Waals surface area contributed by atoms with Gasteiger partial charge in [0.15, 0.2) is 0 Å². The standard InChI is InChI=1S/C28H38NO3/c30-28(25-11-7-8-12-25,24-9-3-1-4-10-24)22-32-27-21-29(17-15-23(27)16-18-29)19-20-31-26-13-5-2-6-14-26/h1-6,9-10,13-14,23,25,27,30H,7-8,11-12,15-22H2/q+1/t23?,27-,28+,29?/m1/s1. The summed E-state index contributed by atoms with van der Waals surface area (Å²) in [7, 11) is 0. The third-order valence-corrected chi connectivity index (χ3v) is 8.44. The minimum absolute atomic E-state index is 0.242. The van der Waals surface area contributed by atoms with Gasteiger partial charge in [0.25, 0.3) is 0 Å². The normalized spacial score (nSPS) is 29.7. The first-order chi connectivity index (χ1) is 15.7. The highest BCUT2D eigenvalue weighted by molar-refractivity contribution is 5.24. The Morgan fingerprint density at radius 1 is 0.875 bits per heavy atom. The Hall–Kier alpha value is -1.88. The number of hydrogen-bond donors (Lipinski definition) is 1. The van der Waals surface area contributed by atoms with E-state index >= 15 is 0 Å². The minimum atomic E-state index is -0.870. The number of fused-ring (bicyclic) bond motifs is 3. The van der Waals surface area contributed by atoms with Crippen molar-refractivity contribution in [1.29, 1.82) is 0 Å². The lowest BCUT2D eigenvalue weighted by molar-refractivity contribution is -0.946. The van der Waals surface area contributed by atoms with Gasteiger partial charge in [-0.1, -0.05) is 61.4 Å². The molecule has 4 fully saturated rings. The van der Waals surface area contributed by atoms with Gasteiger partial charge in [-0.2, -0.15) is 0 Å². The Labute approximate surface area is 192 Å². The van der Waals surface area contributed by atoms with E-state index in [0.717, 1.165) is 48.3 Å². The summed E-state index contributed by atoms with van der Waals surface area (Å²) in [6.45, 7) is 5.72. The first-order valence-corrected chi connectivity index (χ1v) is 12.6. The quantitative estimate of drug-likeness (QED) is 0.576. The van der Waals surface area contributed by atoms with E-state index in [2.05, 4.69) is 12.1 Å². The summed E-state index contributed by atoms with van der Waals surface area (Å²) in [5.74, 6) is 1.89. The molecule has 0 unspecified atom stereocenters. The Morgan fingerprint density at radius 2 is 1.53 bits per heavy atom. The molecule has 3 heterocycles. The van der Waals surface area contributed by atoms with E-state index in [1.807, 2.05) is 48.5 Å². The molecular weight excluding hydrogens is 398 g/mol. The molecule has 1 N–H and O–H groups in total. The largest absolute Gasteiger partial charge is 0.488 e. The molecule has 2 aromatic carbocycles. The number of piperidine rings is 3. The molecule has 0 amide bonds. The SMILES string of the molecule is O[C@@](CO[C@@H]1C[N+]2(CCOc3ccccc3)CCC1CC2)(c1ccccc1)C1CCCC1. The summed E-state index contributed by atoms with van der Waals surface area (Å²) >= 11 is 0. The third kappa shape index (κ3) is 4.59. The van der Waals surface area contributed by atoms with Crippen LogP contribution in [0.5, 0.6) is 5.75 Å². The monoisotopic (exact) mass is 436 g/mol. The van der Waals surface area contributed by atoms with E-state index in [0.29, 0.717) is 18.4 Å². The second-order valence-electron chi connectivity index (χ2n) is 10.3. The van der Waals surface area contributed by atoms with Crippen LogP contribution in [-0.2, 0) is 10.3 Å². The van der Waals surface area contributed by atoms with E-state index in [1.165, 1.54) is 38.8 Å². The molecule has 2 atom stereocenters. The van der Waals surface area contributed by atoms with E-state index in [-0.39, 0.29) is 6.10 Å². The van der Waals surface area contributed by atoms with Crippen molar-refractivity contribution in [2.45, 2.75) is 50.2 Å². The van der Waals surface area contributed by atoms with Crippen molar-refractivity contribution in [3.63, 3.8) is 0 Å². The zero-order valence-electron chi connectivity index (χ0n) is 19.2. The van der Waals surface area contributed by atoms with Crippen LogP contribution in [0.4, 0.5) is 0 Å². The van der Waals surface area contributed by atoms with Crippen LogP contribution in [0, 0.1) is 11.8 Å². The van der Waals surface area contributed by atoms with Crippen LogP contribution in [-0.4, -0.2) is 55.1 Å². The summed E-state index contributed by atoms with van der Waals surface area (Å²) in [6.07, 6.45) is 7.32. The summed E-state index contributed by atoms with van der Waals surface area (Å²) < 4.78 is 13.8. The summed E-state index contributed by atoms with van der Waals surface area (Å²) in [6, 6.07) is 20.4. The number of hydrogen-bond acceptors (Lipinski definition) is 3. The molecular formula is C28H38NO3+. The van der Waals surface area contributed by atoms with Crippen LogP contribution in [0.1, 0.15) is 44.1 Å². The first kappa shape index (κ1) is 21.9. The molecule has 0 spiro atoms. The molecule has 0 radical (unpaired) electrons. The van der Waals surface area contributed by atoms with Crippen molar-refractivity contribution in [2.24, 2.45) is 11.8 Å². The van der Waals surface area contributed by atoms with Gasteiger partial charge in [0.1, 0.15) is 37.2 Å². The van der Waals surface area contributed by atoms with Gasteiger partial charge in [-0.25, -0.2) is 0 Å². The van der Waals surface area contributed by atoms with E-state index in [1.54, 1.807) is 0 Å². The van der Waals surface area contributed by atoms with Gasteiger partial charge in [0, 0.05) is 18.8 Å². The zero-order chi connectivity index (χ0) is 21.9. The Kier molecular flexibility index (Phi) is 6.54. The lowest BCUT2D eigenvalue weighted by Gasteiger charge is -2.52. The molecule has 4 aliphatic rings. The Balaban J connectivity index is 1.23. The first-order valence-electron chi connectivity index (χ1n) is 12.6. The second-order valence-corrected chi connectivity index (χ2v) is 10.3. The second kappa shape index (κ2) is 9.54. The van der Waals surface area contributed by atoms with Gasteiger partial charge < -0.3 is 19.1 Å². The molecule has 172 valence electrons. The van der Waals surface area contributed by atoms with Crippen LogP contribution >= 0.6 is 0 Å². The fraction of sp³-hybridized carbons (Fsp3) is 0.571. The molecule has 4 nitrogen and oxygen atoms in total. The maximum Gasteiger partial charge on any atom is 0.137 e. The van der Waals surface area contributed by atoms with E-state index < -0.39 is 5.60 Å². The Bertz CT molecular complexity index is 843.